The van der Waals surface area contributed by atoms with Crippen LogP contribution >= 0.6 is 0 Å². The molecule has 8 nitrogen and oxygen atoms in total. The van der Waals surface area contributed by atoms with Gasteiger partial charge in [-0.1, -0.05) is 6.92 Å². The third-order valence-electron chi connectivity index (χ3n) is 3.26. The van der Waals surface area contributed by atoms with Crippen molar-refractivity contribution in [2.45, 2.75) is 32.3 Å². The highest BCUT2D eigenvalue weighted by molar-refractivity contribution is 5.90. The number of H-pyrrole nitrogens is 1. The summed E-state index contributed by atoms with van der Waals surface area (Å²) in [6.45, 7) is 3.22. The van der Waals surface area contributed by atoms with E-state index in [4.69, 9.17) is 4.74 Å². The summed E-state index contributed by atoms with van der Waals surface area (Å²) in [5.41, 5.74) is 0. The van der Waals surface area contributed by atoms with E-state index < -0.39 is 0 Å². The standard InChI is InChI=1S/C13H20N4O4/c1-3-4-10-14-12(16-15-10)13(19)17-5-6-21-9(8-17)7-11(18)20-2/h9H,3-8H2,1-2H3,(H,14,15,16). The molecule has 1 saturated heterocycles. The average molecular weight is 296 g/mol. The quantitative estimate of drug-likeness (QED) is 0.777. The van der Waals surface area contributed by atoms with Crippen molar-refractivity contribution in [3.8, 4) is 0 Å². The Morgan fingerprint density at radius 1 is 1.52 bits per heavy atom. The zero-order valence-corrected chi connectivity index (χ0v) is 12.3. The molecule has 1 N–H and O–H groups in total. The first-order valence-electron chi connectivity index (χ1n) is 7.03. The van der Waals surface area contributed by atoms with Gasteiger partial charge in [0, 0.05) is 19.5 Å². The summed E-state index contributed by atoms with van der Waals surface area (Å²) < 4.78 is 10.1. The maximum Gasteiger partial charge on any atom is 0.308 e. The van der Waals surface area contributed by atoms with Crippen LogP contribution in [0.2, 0.25) is 0 Å². The lowest BCUT2D eigenvalue weighted by atomic mass is 10.2. The fraction of sp³-hybridized carbons (Fsp3) is 0.692. The molecule has 1 aromatic heterocycles. The summed E-state index contributed by atoms with van der Waals surface area (Å²) in [5, 5.41) is 6.72. The molecule has 1 fully saturated rings. The van der Waals surface area contributed by atoms with Crippen LogP contribution in [0.1, 0.15) is 36.2 Å². The molecule has 0 aromatic carbocycles. The maximum atomic E-state index is 12.3. The van der Waals surface area contributed by atoms with Gasteiger partial charge in [0.2, 0.25) is 5.82 Å². The minimum atomic E-state index is -0.350. The molecule has 116 valence electrons. The predicted molar refractivity (Wildman–Crippen MR) is 72.7 cm³/mol. The van der Waals surface area contributed by atoms with Gasteiger partial charge in [0.25, 0.3) is 5.91 Å². The molecule has 1 atom stereocenters. The van der Waals surface area contributed by atoms with Crippen molar-refractivity contribution in [2.24, 2.45) is 0 Å². The van der Waals surface area contributed by atoms with Crippen LogP contribution in [0.5, 0.6) is 0 Å². The highest BCUT2D eigenvalue weighted by atomic mass is 16.5. The van der Waals surface area contributed by atoms with E-state index in [1.807, 2.05) is 6.92 Å². The van der Waals surface area contributed by atoms with Crippen molar-refractivity contribution < 1.29 is 19.1 Å². The van der Waals surface area contributed by atoms with Gasteiger partial charge in [0.05, 0.1) is 26.2 Å². The maximum absolute atomic E-state index is 12.3. The molecule has 1 aliphatic rings. The number of carbonyl (C=O) groups is 2. The van der Waals surface area contributed by atoms with Gasteiger partial charge in [-0.25, -0.2) is 4.98 Å². The van der Waals surface area contributed by atoms with Gasteiger partial charge in [-0.15, -0.1) is 5.10 Å². The minimum Gasteiger partial charge on any atom is -0.469 e. The van der Waals surface area contributed by atoms with E-state index in [-0.39, 0.29) is 30.2 Å². The number of aromatic nitrogens is 3. The van der Waals surface area contributed by atoms with E-state index in [2.05, 4.69) is 19.9 Å². The first kappa shape index (κ1) is 15.4. The molecule has 0 spiro atoms. The first-order chi connectivity index (χ1) is 10.1. The van der Waals surface area contributed by atoms with Crippen LogP contribution in [-0.2, 0) is 20.7 Å². The Kier molecular flexibility index (Phi) is 5.26. The summed E-state index contributed by atoms with van der Waals surface area (Å²) in [5.74, 6) is 0.279. The van der Waals surface area contributed by atoms with Crippen molar-refractivity contribution in [3.05, 3.63) is 11.6 Å². The number of aromatic amines is 1. The van der Waals surface area contributed by atoms with Crippen molar-refractivity contribution in [3.63, 3.8) is 0 Å². The number of morpholine rings is 1. The molecule has 0 radical (unpaired) electrons. The molecule has 1 aliphatic heterocycles. The summed E-state index contributed by atoms with van der Waals surface area (Å²) in [6, 6.07) is 0. The molecular weight excluding hydrogens is 276 g/mol. The van der Waals surface area contributed by atoms with Gasteiger partial charge in [0.1, 0.15) is 5.82 Å². The lowest BCUT2D eigenvalue weighted by Crippen LogP contribution is -2.46. The van der Waals surface area contributed by atoms with Crippen LogP contribution in [0.15, 0.2) is 0 Å². The van der Waals surface area contributed by atoms with Gasteiger partial charge >= 0.3 is 5.97 Å². The molecule has 21 heavy (non-hydrogen) atoms. The molecule has 1 unspecified atom stereocenters. The Bertz CT molecular complexity index is 502. The Labute approximate surface area is 122 Å². The number of amides is 1. The van der Waals surface area contributed by atoms with Crippen LogP contribution in [0.4, 0.5) is 0 Å². The summed E-state index contributed by atoms with van der Waals surface area (Å²) in [6.07, 6.45) is 1.48. The van der Waals surface area contributed by atoms with Crippen molar-refractivity contribution in [1.29, 1.82) is 0 Å². The zero-order chi connectivity index (χ0) is 15.2. The Morgan fingerprint density at radius 2 is 2.33 bits per heavy atom. The zero-order valence-electron chi connectivity index (χ0n) is 12.3. The van der Waals surface area contributed by atoms with Crippen LogP contribution in [-0.4, -0.2) is 64.9 Å². The molecule has 0 saturated carbocycles. The second-order valence-electron chi connectivity index (χ2n) is 4.88. The fourth-order valence-corrected chi connectivity index (χ4v) is 2.18. The number of nitrogens with zero attached hydrogens (tertiary/aromatic N) is 3. The van der Waals surface area contributed by atoms with Gasteiger partial charge in [0.15, 0.2) is 0 Å². The number of hydrogen-bond acceptors (Lipinski definition) is 6. The van der Waals surface area contributed by atoms with Crippen LogP contribution < -0.4 is 0 Å². The third kappa shape index (κ3) is 4.01. The Hall–Kier alpha value is -1.96. The number of ether oxygens (including phenoxy) is 2. The van der Waals surface area contributed by atoms with Crippen molar-refractivity contribution in [1.82, 2.24) is 20.1 Å². The average Bonchev–Trinajstić information content (AvgIpc) is 2.95. The number of methoxy groups -OCH3 is 1. The second kappa shape index (κ2) is 7.16. The summed E-state index contributed by atoms with van der Waals surface area (Å²) in [7, 11) is 1.33. The van der Waals surface area contributed by atoms with Gasteiger partial charge < -0.3 is 14.4 Å². The number of esters is 1. The molecule has 8 heteroatoms. The topological polar surface area (TPSA) is 97.4 Å². The Morgan fingerprint density at radius 3 is 3.05 bits per heavy atom. The highest BCUT2D eigenvalue weighted by Gasteiger charge is 2.28. The van der Waals surface area contributed by atoms with Crippen molar-refractivity contribution in [2.75, 3.05) is 26.8 Å². The van der Waals surface area contributed by atoms with E-state index in [9.17, 15) is 9.59 Å². The fourth-order valence-electron chi connectivity index (χ4n) is 2.18. The van der Waals surface area contributed by atoms with Crippen LogP contribution in [0.25, 0.3) is 0 Å². The predicted octanol–water partition coefficient (Wildman–Crippen LogP) is 0.161. The molecule has 0 aliphatic carbocycles. The molecule has 2 rings (SSSR count). The monoisotopic (exact) mass is 296 g/mol. The second-order valence-corrected chi connectivity index (χ2v) is 4.88. The molecule has 1 aromatic rings. The Balaban J connectivity index is 1.96. The minimum absolute atomic E-state index is 0.134. The molecule has 0 bridgehead atoms. The summed E-state index contributed by atoms with van der Waals surface area (Å²) >= 11 is 0. The van der Waals surface area contributed by atoms with E-state index in [1.54, 1.807) is 4.90 Å². The normalized spacial score (nSPS) is 18.6. The van der Waals surface area contributed by atoms with Crippen LogP contribution in [0.3, 0.4) is 0 Å². The number of aryl methyl sites for hydroxylation is 1. The van der Waals surface area contributed by atoms with Gasteiger partial charge in [-0.3, -0.25) is 14.7 Å². The summed E-state index contributed by atoms with van der Waals surface area (Å²) in [4.78, 5) is 29.4. The number of nitrogens with one attached hydrogen (secondary N) is 1. The molecular formula is C13H20N4O4. The van der Waals surface area contributed by atoms with E-state index >= 15 is 0 Å². The largest absolute Gasteiger partial charge is 0.469 e. The van der Waals surface area contributed by atoms with E-state index in [0.717, 1.165) is 12.8 Å². The highest BCUT2D eigenvalue weighted by Crippen LogP contribution is 2.12. The van der Waals surface area contributed by atoms with Crippen LogP contribution in [0, 0.1) is 0 Å². The number of hydrogen-bond donors (Lipinski definition) is 1. The number of carbonyl (C=O) groups excluding carboxylic acids is 2. The SMILES string of the molecule is CCCc1nc(C(=O)N2CCOC(CC(=O)OC)C2)n[nH]1. The molecule has 2 heterocycles. The van der Waals surface area contributed by atoms with E-state index in [0.29, 0.717) is 25.5 Å². The van der Waals surface area contributed by atoms with Crippen molar-refractivity contribution >= 4 is 11.9 Å². The van der Waals surface area contributed by atoms with Gasteiger partial charge in [-0.05, 0) is 6.42 Å². The first-order valence-corrected chi connectivity index (χ1v) is 7.03. The van der Waals surface area contributed by atoms with E-state index in [1.165, 1.54) is 7.11 Å². The smallest absolute Gasteiger partial charge is 0.308 e. The lowest BCUT2D eigenvalue weighted by Gasteiger charge is -2.31. The van der Waals surface area contributed by atoms with Gasteiger partial charge in [-0.2, -0.15) is 0 Å². The third-order valence-corrected chi connectivity index (χ3v) is 3.26. The lowest BCUT2D eigenvalue weighted by molar-refractivity contribution is -0.145. The number of rotatable bonds is 5. The molecule has 1 amide bonds.